The van der Waals surface area contributed by atoms with Crippen molar-refractivity contribution in [3.8, 4) is 17.4 Å². The number of rotatable bonds is 12. The number of likely N-dealkylation sites (tertiary alicyclic amines) is 1. The average molecular weight is 895 g/mol. The third-order valence-electron chi connectivity index (χ3n) is 14.1. The van der Waals surface area contributed by atoms with Gasteiger partial charge in [0.25, 0.3) is 15.9 Å². The van der Waals surface area contributed by atoms with Crippen LogP contribution in [0.15, 0.2) is 108 Å². The first-order valence-electron chi connectivity index (χ1n) is 22.6. The van der Waals surface area contributed by atoms with Gasteiger partial charge in [-0.05, 0) is 111 Å². The zero-order valence-corrected chi connectivity index (χ0v) is 36.6. The Balaban J connectivity index is 0.804. The molecule has 1 unspecified atom stereocenters. The molecule has 3 aromatic carbocycles. The third kappa shape index (κ3) is 8.13. The number of aromatic nitrogens is 3. The van der Waals surface area contributed by atoms with E-state index in [1.807, 2.05) is 36.4 Å². The van der Waals surface area contributed by atoms with Crippen LogP contribution in [-0.2, 0) is 16.4 Å². The van der Waals surface area contributed by atoms with Gasteiger partial charge in [-0.25, -0.2) is 9.71 Å². The quantitative estimate of drug-likeness (QED) is 0.0786. The molecule has 0 bridgehead atoms. The summed E-state index contributed by atoms with van der Waals surface area (Å²) >= 11 is 0. The fraction of sp³-hybridized carbons (Fsp3) is 0.367. The normalized spacial score (nSPS) is 20.7. The molecular weight excluding hydrogens is 845 g/mol. The Labute approximate surface area is 376 Å². The lowest BCUT2D eigenvalue weighted by Gasteiger charge is -2.55. The summed E-state index contributed by atoms with van der Waals surface area (Å²) in [5.41, 5.74) is 5.21. The molecule has 0 radical (unpaired) electrons. The maximum atomic E-state index is 14.0. The number of anilines is 2. The van der Waals surface area contributed by atoms with Crippen LogP contribution in [0.1, 0.15) is 90.4 Å². The van der Waals surface area contributed by atoms with Crippen LogP contribution in [0.4, 0.5) is 17.1 Å². The Kier molecular flexibility index (Phi) is 10.4. The van der Waals surface area contributed by atoms with Crippen LogP contribution in [-0.4, -0.2) is 77.4 Å². The van der Waals surface area contributed by atoms with Crippen molar-refractivity contribution in [3.05, 3.63) is 136 Å². The number of nitrogens with one attached hydrogen (secondary N) is 3. The highest BCUT2D eigenvalue weighted by molar-refractivity contribution is 7.90. The van der Waals surface area contributed by atoms with Gasteiger partial charge >= 0.3 is 5.69 Å². The van der Waals surface area contributed by atoms with E-state index in [1.54, 1.807) is 41.6 Å². The van der Waals surface area contributed by atoms with Crippen LogP contribution in [0.3, 0.4) is 0 Å². The topological polar surface area (TPSA) is 185 Å². The minimum Gasteiger partial charge on any atom is -0.474 e. The molecule has 2 aliphatic carbocycles. The van der Waals surface area contributed by atoms with E-state index in [1.165, 1.54) is 44.7 Å². The summed E-state index contributed by atoms with van der Waals surface area (Å²) in [6.45, 7) is 2.99. The van der Waals surface area contributed by atoms with Gasteiger partial charge in [-0.2, -0.15) is 13.4 Å². The molecule has 5 aliphatic rings. The number of hydrogen-bond donors (Lipinski definition) is 3. The zero-order chi connectivity index (χ0) is 44.3. The monoisotopic (exact) mass is 894 g/mol. The van der Waals surface area contributed by atoms with Gasteiger partial charge in [0.1, 0.15) is 23.8 Å². The lowest BCUT2D eigenvalue weighted by atomic mass is 9.67. The number of nitro groups is 1. The number of fused-ring (bicyclic) bond motifs is 2. The van der Waals surface area contributed by atoms with E-state index in [9.17, 15) is 23.3 Å². The van der Waals surface area contributed by atoms with E-state index < -0.39 is 31.6 Å². The third-order valence-corrected chi connectivity index (χ3v) is 15.3. The van der Waals surface area contributed by atoms with Crippen LogP contribution in [0.25, 0.3) is 11.0 Å². The lowest BCUT2D eigenvalue weighted by Crippen LogP contribution is -2.59. The summed E-state index contributed by atoms with van der Waals surface area (Å²) in [7, 11) is -4.75. The van der Waals surface area contributed by atoms with Gasteiger partial charge in [-0.3, -0.25) is 19.8 Å². The molecule has 3 aliphatic heterocycles. The van der Waals surface area contributed by atoms with E-state index >= 15 is 0 Å². The Morgan fingerprint density at radius 1 is 0.954 bits per heavy atom. The molecule has 11 rings (SSSR count). The van der Waals surface area contributed by atoms with Gasteiger partial charge in [0.2, 0.25) is 5.88 Å². The Morgan fingerprint density at radius 2 is 1.74 bits per heavy atom. The van der Waals surface area contributed by atoms with Crippen LogP contribution in [0.5, 0.6) is 17.4 Å². The highest BCUT2D eigenvalue weighted by Gasteiger charge is 2.47. The molecule has 6 heterocycles. The maximum absolute atomic E-state index is 14.0. The maximum Gasteiger partial charge on any atom is 0.300 e. The molecule has 2 saturated heterocycles. The molecule has 2 atom stereocenters. The molecule has 16 heteroatoms. The number of carbonyl (C=O) groups excluding carboxylic acids is 1. The van der Waals surface area contributed by atoms with Gasteiger partial charge in [0.05, 0.1) is 28.8 Å². The number of sulfonamides is 1. The van der Waals surface area contributed by atoms with Crippen LogP contribution in [0, 0.1) is 15.5 Å². The molecule has 6 aromatic rings. The molecule has 4 fully saturated rings. The van der Waals surface area contributed by atoms with Gasteiger partial charge in [-0.1, -0.05) is 54.6 Å². The number of H-pyrrole nitrogens is 1. The molecule has 3 N–H and O–H groups in total. The molecule has 1 amide bonds. The summed E-state index contributed by atoms with van der Waals surface area (Å²) in [6, 6.07) is 29.1. The SMILES string of the molecule is O=C(NS(=O)(=O)c1cc([N+](=O)[O-])c2c(n1)OC[C@H](Cc1ccccc1)N2)c1ccc(N2CC3(CCC(N4CCCC4c4ccccc4C4CC4)CC3)C2)cc1Oc1cnc2[nH]ccc2c1. The fourth-order valence-electron chi connectivity index (χ4n) is 10.7. The van der Waals surface area contributed by atoms with Crippen molar-refractivity contribution in [1.82, 2.24) is 24.6 Å². The number of carbonyl (C=O) groups is 1. The first kappa shape index (κ1) is 41.2. The molecule has 3 aromatic heterocycles. The van der Waals surface area contributed by atoms with E-state index in [4.69, 9.17) is 9.47 Å². The van der Waals surface area contributed by atoms with Crippen molar-refractivity contribution in [2.75, 3.05) is 36.5 Å². The van der Waals surface area contributed by atoms with E-state index in [0.29, 0.717) is 29.9 Å². The van der Waals surface area contributed by atoms with Crippen molar-refractivity contribution >= 4 is 44.0 Å². The number of hydrogen-bond acceptors (Lipinski definition) is 12. The van der Waals surface area contributed by atoms with Gasteiger partial charge in [0.15, 0.2) is 10.7 Å². The van der Waals surface area contributed by atoms with Gasteiger partial charge < -0.3 is 24.7 Å². The summed E-state index contributed by atoms with van der Waals surface area (Å²) < 4.78 is 41.9. The first-order chi connectivity index (χ1) is 31.6. The van der Waals surface area contributed by atoms with Crippen molar-refractivity contribution in [1.29, 1.82) is 0 Å². The lowest BCUT2D eigenvalue weighted by molar-refractivity contribution is -0.384. The van der Waals surface area contributed by atoms with E-state index in [2.05, 4.69) is 59.1 Å². The number of amides is 1. The second-order valence-corrected chi connectivity index (χ2v) is 20.1. The smallest absolute Gasteiger partial charge is 0.300 e. The molecular formula is C49H50N8O7S. The number of ether oxygens (including phenoxy) is 2. The van der Waals surface area contributed by atoms with Crippen LogP contribution < -0.4 is 24.4 Å². The number of pyridine rings is 2. The van der Waals surface area contributed by atoms with Crippen molar-refractivity contribution in [2.45, 2.75) is 86.9 Å². The average Bonchev–Trinajstić information content (AvgIpc) is 3.84. The highest BCUT2D eigenvalue weighted by atomic mass is 32.2. The molecule has 15 nitrogen and oxygen atoms in total. The molecule has 65 heavy (non-hydrogen) atoms. The Morgan fingerprint density at radius 3 is 2.52 bits per heavy atom. The number of nitrogens with zero attached hydrogens (tertiary/aromatic N) is 5. The summed E-state index contributed by atoms with van der Waals surface area (Å²) in [4.78, 5) is 42.4. The molecule has 1 spiro atoms. The molecule has 2 saturated carbocycles. The van der Waals surface area contributed by atoms with Crippen molar-refractivity contribution < 1.29 is 27.6 Å². The van der Waals surface area contributed by atoms with Crippen molar-refractivity contribution in [3.63, 3.8) is 0 Å². The standard InChI is InChI=1S/C49H50N8O7S/c58-47(54-65(61,62)44-26-42(57(59)60)45-48(53-44)63-28-34(52-45)23-31-7-2-1-3-8-31)40-15-14-36(25-43(40)64-37-24-33-18-21-50-46(33)51-27-37)55-29-49(30-55)19-16-35(17-20-49)56-22-6-11-41(56)39-10-5-4-9-38(39)32-12-13-32/h1-5,7-10,14-15,18,21,24-27,32,34-35,41,52H,6,11-13,16-17,19-20,22-23,28-30H2,(H,50,51)(H,54,58)/t34-,41?/m0/s1. The number of benzene rings is 3. The fourth-order valence-corrected chi connectivity index (χ4v) is 11.6. The zero-order valence-electron chi connectivity index (χ0n) is 35.8. The van der Waals surface area contributed by atoms with Crippen LogP contribution >= 0.6 is 0 Å². The highest BCUT2D eigenvalue weighted by Crippen LogP contribution is 2.51. The largest absolute Gasteiger partial charge is 0.474 e. The summed E-state index contributed by atoms with van der Waals surface area (Å²) in [6.07, 6.45) is 13.6. The molecule has 334 valence electrons. The number of aromatic amines is 1. The minimum atomic E-state index is -4.75. The Bertz CT molecular complexity index is 2910. The minimum absolute atomic E-state index is 0.0296. The predicted octanol–water partition coefficient (Wildman–Crippen LogP) is 8.66. The summed E-state index contributed by atoms with van der Waals surface area (Å²) in [5, 5.41) is 15.5. The van der Waals surface area contributed by atoms with E-state index in [0.717, 1.165) is 61.1 Å². The van der Waals surface area contributed by atoms with E-state index in [-0.39, 0.29) is 40.9 Å². The predicted molar refractivity (Wildman–Crippen MR) is 245 cm³/mol. The van der Waals surface area contributed by atoms with Crippen molar-refractivity contribution in [2.24, 2.45) is 5.41 Å². The summed E-state index contributed by atoms with van der Waals surface area (Å²) in [5.74, 6) is -0.0172. The first-order valence-corrected chi connectivity index (χ1v) is 24.1. The Hall–Kier alpha value is -6.52. The van der Waals surface area contributed by atoms with Gasteiger partial charge in [0, 0.05) is 53.9 Å². The van der Waals surface area contributed by atoms with Gasteiger partial charge in [-0.15, -0.1) is 0 Å². The second-order valence-electron chi connectivity index (χ2n) is 18.4. The second kappa shape index (κ2) is 16.5. The van der Waals surface area contributed by atoms with Crippen LogP contribution in [0.2, 0.25) is 0 Å².